The Morgan fingerprint density at radius 3 is 2.79 bits per heavy atom. The fourth-order valence-corrected chi connectivity index (χ4v) is 1.93. The lowest BCUT2D eigenvalue weighted by Gasteiger charge is -2.39. The molecule has 0 bridgehead atoms. The van der Waals surface area contributed by atoms with Gasteiger partial charge in [-0.15, -0.1) is 0 Å². The molecule has 1 N–H and O–H groups in total. The molecule has 1 fully saturated rings. The minimum atomic E-state index is -0.299. The second kappa shape index (κ2) is 3.50. The van der Waals surface area contributed by atoms with E-state index in [1.807, 2.05) is 0 Å². The Morgan fingerprint density at radius 1 is 1.57 bits per heavy atom. The Bertz CT molecular complexity index is 350. The van der Waals surface area contributed by atoms with Gasteiger partial charge in [0, 0.05) is 16.2 Å². The number of pyridine rings is 1. The molecule has 0 aliphatic heterocycles. The number of anilines is 1. The van der Waals surface area contributed by atoms with Crippen LogP contribution in [0.3, 0.4) is 0 Å². The zero-order chi connectivity index (χ0) is 10.2. The Balaban J connectivity index is 2.16. The van der Waals surface area contributed by atoms with Crippen molar-refractivity contribution in [1.82, 2.24) is 4.98 Å². The third kappa shape index (κ3) is 1.90. The van der Waals surface area contributed by atoms with E-state index in [-0.39, 0.29) is 11.4 Å². The van der Waals surface area contributed by atoms with Crippen molar-refractivity contribution in [3.05, 3.63) is 22.6 Å². The van der Waals surface area contributed by atoms with Gasteiger partial charge >= 0.3 is 0 Å². The Labute approximate surface area is 91.1 Å². The van der Waals surface area contributed by atoms with E-state index in [0.29, 0.717) is 10.3 Å². The van der Waals surface area contributed by atoms with Gasteiger partial charge in [0.2, 0.25) is 0 Å². The van der Waals surface area contributed by atoms with Gasteiger partial charge < -0.3 is 5.32 Å². The van der Waals surface area contributed by atoms with E-state index < -0.39 is 0 Å². The molecule has 0 radical (unpaired) electrons. The summed E-state index contributed by atoms with van der Waals surface area (Å²) in [6, 6.07) is 1.43. The highest BCUT2D eigenvalue weighted by molar-refractivity contribution is 9.10. The quantitative estimate of drug-likeness (QED) is 0.881. The van der Waals surface area contributed by atoms with Crippen LogP contribution in [-0.2, 0) is 0 Å². The summed E-state index contributed by atoms with van der Waals surface area (Å²) < 4.78 is 14.1. The second-order valence-electron chi connectivity index (χ2n) is 4.02. The topological polar surface area (TPSA) is 24.9 Å². The highest BCUT2D eigenvalue weighted by Crippen LogP contribution is 2.34. The molecule has 0 spiro atoms. The number of nitrogens with one attached hydrogen (secondary N) is 1. The predicted octanol–water partition coefficient (Wildman–Crippen LogP) is 3.34. The van der Waals surface area contributed by atoms with Gasteiger partial charge in [-0.1, -0.05) is 0 Å². The van der Waals surface area contributed by atoms with Crippen LogP contribution in [0.15, 0.2) is 16.7 Å². The van der Waals surface area contributed by atoms with Crippen molar-refractivity contribution in [3.8, 4) is 0 Å². The zero-order valence-electron chi connectivity index (χ0n) is 7.98. The minimum absolute atomic E-state index is 0.0433. The van der Waals surface area contributed by atoms with Crippen LogP contribution in [0.25, 0.3) is 0 Å². The molecule has 2 rings (SSSR count). The first kappa shape index (κ1) is 9.90. The van der Waals surface area contributed by atoms with Gasteiger partial charge in [0.25, 0.3) is 0 Å². The van der Waals surface area contributed by atoms with Gasteiger partial charge in [-0.25, -0.2) is 9.37 Å². The smallest absolute Gasteiger partial charge is 0.166 e. The van der Waals surface area contributed by atoms with Gasteiger partial charge in [0.05, 0.1) is 0 Å². The fourth-order valence-electron chi connectivity index (χ4n) is 1.62. The van der Waals surface area contributed by atoms with E-state index in [4.69, 9.17) is 0 Å². The molecule has 0 saturated heterocycles. The lowest BCUT2D eigenvalue weighted by molar-refractivity contribution is 0.304. The molecule has 1 heterocycles. The molecule has 2 nitrogen and oxygen atoms in total. The van der Waals surface area contributed by atoms with Crippen LogP contribution in [0.5, 0.6) is 0 Å². The molecular weight excluding hydrogens is 247 g/mol. The van der Waals surface area contributed by atoms with E-state index in [1.54, 1.807) is 6.20 Å². The molecule has 76 valence electrons. The normalized spacial score (nSPS) is 18.8. The van der Waals surface area contributed by atoms with Gasteiger partial charge in [-0.2, -0.15) is 0 Å². The first-order valence-electron chi connectivity index (χ1n) is 4.68. The van der Waals surface area contributed by atoms with Crippen molar-refractivity contribution >= 4 is 21.7 Å². The molecule has 1 saturated carbocycles. The lowest BCUT2D eigenvalue weighted by atomic mass is 9.78. The standard InChI is InChI=1S/C10H12BrFN2/c1-10(3-2-4-10)14-9-8(12)5-7(11)6-13-9/h5-6H,2-4H2,1H3,(H,13,14). The number of hydrogen-bond acceptors (Lipinski definition) is 2. The van der Waals surface area contributed by atoms with Crippen molar-refractivity contribution in [2.24, 2.45) is 0 Å². The monoisotopic (exact) mass is 258 g/mol. The number of nitrogens with zero attached hydrogens (tertiary/aromatic N) is 1. The Morgan fingerprint density at radius 2 is 2.29 bits per heavy atom. The van der Waals surface area contributed by atoms with Crippen molar-refractivity contribution in [2.45, 2.75) is 31.7 Å². The van der Waals surface area contributed by atoms with E-state index in [0.717, 1.165) is 12.8 Å². The largest absolute Gasteiger partial charge is 0.362 e. The molecule has 0 unspecified atom stereocenters. The Hall–Kier alpha value is -0.640. The summed E-state index contributed by atoms with van der Waals surface area (Å²) in [6.45, 7) is 2.10. The molecule has 1 aliphatic carbocycles. The fraction of sp³-hybridized carbons (Fsp3) is 0.500. The summed E-state index contributed by atoms with van der Waals surface area (Å²) in [4.78, 5) is 4.01. The number of rotatable bonds is 2. The van der Waals surface area contributed by atoms with Crippen LogP contribution in [-0.4, -0.2) is 10.5 Å². The molecular formula is C10H12BrFN2. The summed E-state index contributed by atoms with van der Waals surface area (Å²) in [7, 11) is 0. The van der Waals surface area contributed by atoms with E-state index >= 15 is 0 Å². The third-order valence-electron chi connectivity index (χ3n) is 2.69. The maximum atomic E-state index is 13.4. The van der Waals surface area contributed by atoms with Crippen LogP contribution in [0.4, 0.5) is 10.2 Å². The van der Waals surface area contributed by atoms with E-state index in [1.165, 1.54) is 12.5 Å². The summed E-state index contributed by atoms with van der Waals surface area (Å²) in [5.74, 6) is 0.0582. The first-order chi connectivity index (χ1) is 6.59. The van der Waals surface area contributed by atoms with Crippen LogP contribution in [0.1, 0.15) is 26.2 Å². The molecule has 1 aromatic heterocycles. The molecule has 4 heteroatoms. The SMILES string of the molecule is CC1(Nc2ncc(Br)cc2F)CCC1. The predicted molar refractivity (Wildman–Crippen MR) is 57.8 cm³/mol. The van der Waals surface area contributed by atoms with Gasteiger partial charge in [-0.3, -0.25) is 0 Å². The Kier molecular flexibility index (Phi) is 2.47. The van der Waals surface area contributed by atoms with Crippen LogP contribution < -0.4 is 5.32 Å². The number of hydrogen-bond donors (Lipinski definition) is 1. The summed E-state index contributed by atoms with van der Waals surface area (Å²) in [5.41, 5.74) is 0.0433. The van der Waals surface area contributed by atoms with Gasteiger partial charge in [0.15, 0.2) is 11.6 Å². The summed E-state index contributed by atoms with van der Waals surface area (Å²) >= 11 is 3.18. The molecule has 0 aromatic carbocycles. The van der Waals surface area contributed by atoms with E-state index in [9.17, 15) is 4.39 Å². The average molecular weight is 259 g/mol. The zero-order valence-corrected chi connectivity index (χ0v) is 9.57. The first-order valence-corrected chi connectivity index (χ1v) is 5.48. The van der Waals surface area contributed by atoms with Crippen LogP contribution in [0.2, 0.25) is 0 Å². The minimum Gasteiger partial charge on any atom is -0.362 e. The third-order valence-corrected chi connectivity index (χ3v) is 3.12. The van der Waals surface area contributed by atoms with Crippen molar-refractivity contribution < 1.29 is 4.39 Å². The van der Waals surface area contributed by atoms with Gasteiger partial charge in [0.1, 0.15) is 0 Å². The molecule has 1 aliphatic rings. The second-order valence-corrected chi connectivity index (χ2v) is 4.94. The van der Waals surface area contributed by atoms with Gasteiger partial charge in [-0.05, 0) is 48.2 Å². The molecule has 0 amide bonds. The number of halogens is 2. The lowest BCUT2D eigenvalue weighted by Crippen LogP contribution is -2.42. The maximum Gasteiger partial charge on any atom is 0.166 e. The molecule has 0 atom stereocenters. The maximum absolute atomic E-state index is 13.4. The average Bonchev–Trinajstić information content (AvgIpc) is 2.07. The molecule has 14 heavy (non-hydrogen) atoms. The van der Waals surface area contributed by atoms with Crippen molar-refractivity contribution in [3.63, 3.8) is 0 Å². The number of aromatic nitrogens is 1. The van der Waals surface area contributed by atoms with Crippen molar-refractivity contribution in [1.29, 1.82) is 0 Å². The highest BCUT2D eigenvalue weighted by Gasteiger charge is 2.32. The van der Waals surface area contributed by atoms with Crippen molar-refractivity contribution in [2.75, 3.05) is 5.32 Å². The highest BCUT2D eigenvalue weighted by atomic mass is 79.9. The van der Waals surface area contributed by atoms with Crippen LogP contribution >= 0.6 is 15.9 Å². The molecule has 1 aromatic rings. The van der Waals surface area contributed by atoms with E-state index in [2.05, 4.69) is 33.2 Å². The summed E-state index contributed by atoms with van der Waals surface area (Å²) in [6.07, 6.45) is 4.99. The van der Waals surface area contributed by atoms with Crippen LogP contribution in [0, 0.1) is 5.82 Å². The summed E-state index contributed by atoms with van der Waals surface area (Å²) in [5, 5.41) is 3.14.